The van der Waals surface area contributed by atoms with Crippen LogP contribution in [0.2, 0.25) is 0 Å². The molecule has 1 atom stereocenters. The monoisotopic (exact) mass is 253 g/mol. The fraction of sp³-hybridized carbons (Fsp3) is 0.867. The number of hydrogen-bond donors (Lipinski definition) is 1. The molecule has 0 aromatic rings. The molecule has 1 unspecified atom stereocenters. The summed E-state index contributed by atoms with van der Waals surface area (Å²) in [6.07, 6.45) is 2.72. The van der Waals surface area contributed by atoms with E-state index < -0.39 is 0 Å². The molecule has 0 aliphatic carbocycles. The van der Waals surface area contributed by atoms with E-state index in [0.29, 0.717) is 6.04 Å². The molecule has 1 heterocycles. The van der Waals surface area contributed by atoms with Crippen LogP contribution >= 0.6 is 0 Å². The summed E-state index contributed by atoms with van der Waals surface area (Å²) in [6, 6.07) is 1.29. The van der Waals surface area contributed by atoms with Crippen molar-refractivity contribution < 1.29 is 0 Å². The Morgan fingerprint density at radius 1 is 1.50 bits per heavy atom. The molecular weight excluding hydrogens is 222 g/mol. The third kappa shape index (κ3) is 5.51. The lowest BCUT2D eigenvalue weighted by atomic mass is 10.2. The summed E-state index contributed by atoms with van der Waals surface area (Å²) in [6.45, 7) is 16.4. The number of nitrogens with zero attached hydrogens (tertiary/aromatic N) is 2. The first-order valence-electron chi connectivity index (χ1n) is 7.35. The molecule has 1 rings (SSSR count). The normalized spacial score (nSPS) is 21.1. The van der Waals surface area contributed by atoms with Gasteiger partial charge in [-0.1, -0.05) is 27.4 Å². The van der Waals surface area contributed by atoms with Gasteiger partial charge in [0, 0.05) is 31.7 Å². The minimum atomic E-state index is 0.539. The fourth-order valence-electron chi connectivity index (χ4n) is 2.73. The number of nitrogens with one attached hydrogen (secondary N) is 1. The van der Waals surface area contributed by atoms with Gasteiger partial charge in [-0.25, -0.2) is 0 Å². The Kier molecular flexibility index (Phi) is 6.90. The maximum Gasteiger partial charge on any atom is 0.0223 e. The van der Waals surface area contributed by atoms with Gasteiger partial charge in [-0.15, -0.1) is 0 Å². The van der Waals surface area contributed by atoms with E-state index in [4.69, 9.17) is 0 Å². The standard InChI is InChI=1S/C15H31N3/c1-6-18-9-7-8-15(18)12-17(5)11-14(4)10-16-13(2)3/h13,15-16H,4,6-12H2,1-3,5H3. The zero-order chi connectivity index (χ0) is 13.5. The van der Waals surface area contributed by atoms with Gasteiger partial charge in [0.05, 0.1) is 0 Å². The number of rotatable bonds is 8. The van der Waals surface area contributed by atoms with Crippen molar-refractivity contribution in [2.75, 3.05) is 39.8 Å². The summed E-state index contributed by atoms with van der Waals surface area (Å²) in [7, 11) is 2.21. The summed E-state index contributed by atoms with van der Waals surface area (Å²) in [4.78, 5) is 5.02. The van der Waals surface area contributed by atoms with Gasteiger partial charge in [0.25, 0.3) is 0 Å². The van der Waals surface area contributed by atoms with E-state index in [1.165, 1.54) is 38.0 Å². The Hall–Kier alpha value is -0.380. The zero-order valence-electron chi connectivity index (χ0n) is 12.7. The molecule has 0 spiro atoms. The first-order valence-corrected chi connectivity index (χ1v) is 7.35. The summed E-state index contributed by atoms with van der Waals surface area (Å²) in [5.74, 6) is 0. The van der Waals surface area contributed by atoms with Gasteiger partial charge in [0.2, 0.25) is 0 Å². The van der Waals surface area contributed by atoms with Gasteiger partial charge < -0.3 is 10.2 Å². The first kappa shape index (κ1) is 15.7. The van der Waals surface area contributed by atoms with Gasteiger partial charge >= 0.3 is 0 Å². The molecule has 18 heavy (non-hydrogen) atoms. The van der Waals surface area contributed by atoms with Crippen LogP contribution in [0.1, 0.15) is 33.6 Å². The Bertz CT molecular complexity index is 250. The van der Waals surface area contributed by atoms with E-state index >= 15 is 0 Å². The highest BCUT2D eigenvalue weighted by Gasteiger charge is 2.23. The molecule has 0 bridgehead atoms. The summed E-state index contributed by atoms with van der Waals surface area (Å²) in [5, 5.41) is 3.43. The van der Waals surface area contributed by atoms with Gasteiger partial charge in [-0.2, -0.15) is 0 Å². The summed E-state index contributed by atoms with van der Waals surface area (Å²) >= 11 is 0. The van der Waals surface area contributed by atoms with Crippen molar-refractivity contribution in [1.29, 1.82) is 0 Å². The van der Waals surface area contributed by atoms with Crippen LogP contribution in [0.25, 0.3) is 0 Å². The molecular formula is C15H31N3. The number of likely N-dealkylation sites (N-methyl/N-ethyl adjacent to an activating group) is 2. The maximum absolute atomic E-state index is 4.16. The number of hydrogen-bond acceptors (Lipinski definition) is 3. The molecule has 1 saturated heterocycles. The van der Waals surface area contributed by atoms with E-state index in [1.54, 1.807) is 0 Å². The van der Waals surface area contributed by atoms with Crippen molar-refractivity contribution >= 4 is 0 Å². The largest absolute Gasteiger partial charge is 0.311 e. The van der Waals surface area contributed by atoms with Crippen LogP contribution in [0.4, 0.5) is 0 Å². The third-order valence-electron chi connectivity index (χ3n) is 3.68. The second-order valence-corrected chi connectivity index (χ2v) is 5.91. The van der Waals surface area contributed by atoms with Crippen LogP contribution in [0.3, 0.4) is 0 Å². The van der Waals surface area contributed by atoms with Gasteiger partial charge in [-0.05, 0) is 38.6 Å². The van der Waals surface area contributed by atoms with Crippen LogP contribution in [-0.2, 0) is 0 Å². The molecule has 1 N–H and O–H groups in total. The van der Waals surface area contributed by atoms with E-state index in [9.17, 15) is 0 Å². The quantitative estimate of drug-likeness (QED) is 0.667. The second kappa shape index (κ2) is 7.93. The van der Waals surface area contributed by atoms with Crippen molar-refractivity contribution in [3.8, 4) is 0 Å². The van der Waals surface area contributed by atoms with Gasteiger partial charge in [0.1, 0.15) is 0 Å². The van der Waals surface area contributed by atoms with Gasteiger partial charge in [-0.3, -0.25) is 4.90 Å². The van der Waals surface area contributed by atoms with Crippen molar-refractivity contribution in [3.05, 3.63) is 12.2 Å². The van der Waals surface area contributed by atoms with E-state index in [-0.39, 0.29) is 0 Å². The minimum Gasteiger partial charge on any atom is -0.311 e. The lowest BCUT2D eigenvalue weighted by molar-refractivity contribution is 0.205. The van der Waals surface area contributed by atoms with Crippen LogP contribution in [0.5, 0.6) is 0 Å². The van der Waals surface area contributed by atoms with Crippen LogP contribution in [0.15, 0.2) is 12.2 Å². The molecule has 0 amide bonds. The van der Waals surface area contributed by atoms with Gasteiger partial charge in [0.15, 0.2) is 0 Å². The Labute approximate surface area is 113 Å². The predicted molar refractivity (Wildman–Crippen MR) is 80.0 cm³/mol. The molecule has 3 nitrogen and oxygen atoms in total. The van der Waals surface area contributed by atoms with E-state index in [1.807, 2.05) is 0 Å². The molecule has 0 aromatic carbocycles. The van der Waals surface area contributed by atoms with Crippen molar-refractivity contribution in [2.45, 2.75) is 45.7 Å². The fourth-order valence-corrected chi connectivity index (χ4v) is 2.73. The van der Waals surface area contributed by atoms with Crippen LogP contribution < -0.4 is 5.32 Å². The minimum absolute atomic E-state index is 0.539. The Morgan fingerprint density at radius 2 is 2.22 bits per heavy atom. The van der Waals surface area contributed by atoms with Crippen molar-refractivity contribution in [2.24, 2.45) is 0 Å². The van der Waals surface area contributed by atoms with E-state index in [0.717, 1.165) is 19.1 Å². The van der Waals surface area contributed by atoms with Crippen LogP contribution in [-0.4, -0.2) is 61.7 Å². The molecule has 1 aliphatic rings. The highest BCUT2D eigenvalue weighted by molar-refractivity contribution is 5.00. The molecule has 0 radical (unpaired) electrons. The lowest BCUT2D eigenvalue weighted by Crippen LogP contribution is -2.40. The van der Waals surface area contributed by atoms with Crippen molar-refractivity contribution in [3.63, 3.8) is 0 Å². The topological polar surface area (TPSA) is 18.5 Å². The average Bonchev–Trinajstić information content (AvgIpc) is 2.73. The smallest absolute Gasteiger partial charge is 0.0223 e. The highest BCUT2D eigenvalue weighted by Crippen LogP contribution is 2.17. The lowest BCUT2D eigenvalue weighted by Gasteiger charge is -2.28. The Morgan fingerprint density at radius 3 is 2.83 bits per heavy atom. The average molecular weight is 253 g/mol. The highest BCUT2D eigenvalue weighted by atomic mass is 15.2. The molecule has 1 aliphatic heterocycles. The van der Waals surface area contributed by atoms with E-state index in [2.05, 4.69) is 49.5 Å². The molecule has 3 heteroatoms. The van der Waals surface area contributed by atoms with Crippen molar-refractivity contribution in [1.82, 2.24) is 15.1 Å². The van der Waals surface area contributed by atoms with Crippen LogP contribution in [0, 0.1) is 0 Å². The third-order valence-corrected chi connectivity index (χ3v) is 3.68. The zero-order valence-corrected chi connectivity index (χ0v) is 12.7. The summed E-state index contributed by atoms with van der Waals surface area (Å²) < 4.78 is 0. The number of likely N-dealkylation sites (tertiary alicyclic amines) is 1. The molecule has 0 aromatic heterocycles. The molecule has 106 valence electrons. The summed E-state index contributed by atoms with van der Waals surface area (Å²) in [5.41, 5.74) is 1.28. The molecule has 0 saturated carbocycles. The second-order valence-electron chi connectivity index (χ2n) is 5.91. The Balaban J connectivity index is 2.24. The maximum atomic E-state index is 4.16. The SMILES string of the molecule is C=C(CNC(C)C)CN(C)CC1CCCN1CC. The molecule has 1 fully saturated rings. The predicted octanol–water partition coefficient (Wildman–Crippen LogP) is 1.96. The first-order chi connectivity index (χ1) is 8.52.